The third-order valence-corrected chi connectivity index (χ3v) is 5.64. The molecule has 1 amide bonds. The first kappa shape index (κ1) is 19.7. The molecule has 7 nitrogen and oxygen atoms in total. The van der Waals surface area contributed by atoms with Crippen molar-refractivity contribution < 1.29 is 28.7 Å². The minimum Gasteiger partial charge on any atom is -0.503 e. The highest BCUT2D eigenvalue weighted by atomic mass is 35.5. The molecule has 2 N–H and O–H groups in total. The van der Waals surface area contributed by atoms with Crippen molar-refractivity contribution in [3.05, 3.63) is 70.3 Å². The van der Waals surface area contributed by atoms with Gasteiger partial charge in [-0.15, -0.1) is 0 Å². The number of morpholine rings is 1. The van der Waals surface area contributed by atoms with E-state index < -0.39 is 23.5 Å². The maximum atomic E-state index is 13.0. The van der Waals surface area contributed by atoms with Crippen molar-refractivity contribution >= 4 is 23.3 Å². The molecule has 0 spiro atoms. The number of nitrogens with zero attached hydrogens (tertiary/aromatic N) is 1. The van der Waals surface area contributed by atoms with Crippen LogP contribution in [0.15, 0.2) is 58.4 Å². The second-order valence-electron chi connectivity index (χ2n) is 7.13. The summed E-state index contributed by atoms with van der Waals surface area (Å²) in [5, 5.41) is 11.1. The number of carbonyl (C=O) groups excluding carboxylic acids is 2. The summed E-state index contributed by atoms with van der Waals surface area (Å²) in [6.07, 6.45) is 1.39. The summed E-state index contributed by atoms with van der Waals surface area (Å²) in [5.74, 6) is -1.49. The lowest BCUT2D eigenvalue weighted by molar-refractivity contribution is -0.907. The number of rotatable bonds is 6. The van der Waals surface area contributed by atoms with E-state index in [1.54, 1.807) is 35.2 Å². The molecule has 0 bridgehead atoms. The van der Waals surface area contributed by atoms with Gasteiger partial charge in [0.1, 0.15) is 13.1 Å². The van der Waals surface area contributed by atoms with Gasteiger partial charge in [-0.1, -0.05) is 23.7 Å². The van der Waals surface area contributed by atoms with Gasteiger partial charge in [0.15, 0.2) is 11.5 Å². The summed E-state index contributed by atoms with van der Waals surface area (Å²) in [6.45, 7) is 4.22. The fourth-order valence-corrected chi connectivity index (χ4v) is 3.96. The summed E-state index contributed by atoms with van der Waals surface area (Å²) in [5.41, 5.74) is 0.739. The van der Waals surface area contributed by atoms with Gasteiger partial charge in [-0.05, 0) is 29.8 Å². The van der Waals surface area contributed by atoms with Gasteiger partial charge in [-0.3, -0.25) is 9.59 Å². The molecule has 1 fully saturated rings. The number of halogens is 1. The van der Waals surface area contributed by atoms with Crippen LogP contribution in [0.5, 0.6) is 0 Å². The zero-order valence-electron chi connectivity index (χ0n) is 15.8. The number of Topliss-reactive ketones (excluding diaryl/α,β-unsaturated/α-hetero) is 1. The Labute approximate surface area is 173 Å². The van der Waals surface area contributed by atoms with Crippen LogP contribution in [0.2, 0.25) is 5.02 Å². The van der Waals surface area contributed by atoms with Crippen LogP contribution in [0.3, 0.4) is 0 Å². The average Bonchev–Trinajstić information content (AvgIpc) is 3.36. The molecule has 4 rings (SSSR count). The lowest BCUT2D eigenvalue weighted by Crippen LogP contribution is -3.14. The van der Waals surface area contributed by atoms with Gasteiger partial charge < -0.3 is 24.1 Å². The normalized spacial score (nSPS) is 20.5. The number of aliphatic hydroxyl groups excluding tert-OH is 1. The fraction of sp³-hybridized carbons (Fsp3) is 0.333. The summed E-state index contributed by atoms with van der Waals surface area (Å²) >= 11 is 6.02. The molecule has 3 heterocycles. The van der Waals surface area contributed by atoms with Crippen molar-refractivity contribution in [2.45, 2.75) is 6.04 Å². The Morgan fingerprint density at radius 2 is 1.93 bits per heavy atom. The van der Waals surface area contributed by atoms with E-state index in [1.165, 1.54) is 17.2 Å². The molecule has 152 valence electrons. The smallest absolute Gasteiger partial charge is 0.290 e. The lowest BCUT2D eigenvalue weighted by Gasteiger charge is -2.30. The predicted octanol–water partition coefficient (Wildman–Crippen LogP) is 1.43. The van der Waals surface area contributed by atoms with Gasteiger partial charge >= 0.3 is 0 Å². The lowest BCUT2D eigenvalue weighted by atomic mass is 9.95. The standard InChI is InChI=1S/C21H21ClN2O5/c22-15-5-3-14(4-6-15)18-17(19(25)16-2-1-11-29-16)20(26)21(27)24(18)8-7-23-9-12-28-13-10-23/h1-6,11,18,26H,7-10,12-13H2/p+1. The van der Waals surface area contributed by atoms with Crippen LogP contribution >= 0.6 is 11.6 Å². The van der Waals surface area contributed by atoms with Crippen molar-refractivity contribution in [3.8, 4) is 0 Å². The van der Waals surface area contributed by atoms with E-state index in [0.717, 1.165) is 13.1 Å². The van der Waals surface area contributed by atoms with Crippen molar-refractivity contribution in [1.82, 2.24) is 4.90 Å². The maximum Gasteiger partial charge on any atom is 0.290 e. The van der Waals surface area contributed by atoms with Gasteiger partial charge in [0.2, 0.25) is 5.78 Å². The molecule has 1 aromatic heterocycles. The Bertz CT molecular complexity index is 917. The monoisotopic (exact) mass is 417 g/mol. The first-order valence-electron chi connectivity index (χ1n) is 9.55. The fourth-order valence-electron chi connectivity index (χ4n) is 3.84. The zero-order valence-corrected chi connectivity index (χ0v) is 16.5. The molecular weight excluding hydrogens is 396 g/mol. The average molecular weight is 418 g/mol. The summed E-state index contributed by atoms with van der Waals surface area (Å²) in [4.78, 5) is 28.8. The molecule has 8 heteroatoms. The van der Waals surface area contributed by atoms with Crippen LogP contribution < -0.4 is 4.90 Å². The number of ether oxygens (including phenoxy) is 1. The van der Waals surface area contributed by atoms with Gasteiger partial charge in [-0.25, -0.2) is 0 Å². The molecule has 2 aliphatic rings. The topological polar surface area (TPSA) is 84.4 Å². The molecule has 0 radical (unpaired) electrons. The van der Waals surface area contributed by atoms with E-state index in [4.69, 9.17) is 20.8 Å². The highest BCUT2D eigenvalue weighted by Gasteiger charge is 2.44. The van der Waals surface area contributed by atoms with Crippen molar-refractivity contribution in [2.24, 2.45) is 0 Å². The minimum atomic E-state index is -0.696. The molecule has 1 unspecified atom stereocenters. The highest BCUT2D eigenvalue weighted by Crippen LogP contribution is 2.39. The number of hydrogen-bond acceptors (Lipinski definition) is 5. The van der Waals surface area contributed by atoms with E-state index in [1.807, 2.05) is 0 Å². The molecule has 2 aliphatic heterocycles. The summed E-state index contributed by atoms with van der Waals surface area (Å²) < 4.78 is 10.6. The molecule has 1 saturated heterocycles. The van der Waals surface area contributed by atoms with Crippen molar-refractivity contribution in [2.75, 3.05) is 39.4 Å². The number of benzene rings is 1. The third-order valence-electron chi connectivity index (χ3n) is 5.39. The molecule has 2 aromatic rings. The van der Waals surface area contributed by atoms with Gasteiger partial charge in [-0.2, -0.15) is 0 Å². The van der Waals surface area contributed by atoms with E-state index in [0.29, 0.717) is 36.9 Å². The number of nitrogens with one attached hydrogen (secondary N) is 1. The number of ketones is 1. The van der Waals surface area contributed by atoms with Gasteiger partial charge in [0.05, 0.1) is 44.2 Å². The Balaban J connectivity index is 1.66. The number of carbonyl (C=O) groups is 2. The van der Waals surface area contributed by atoms with E-state index in [-0.39, 0.29) is 11.3 Å². The van der Waals surface area contributed by atoms with Crippen LogP contribution in [0.1, 0.15) is 22.2 Å². The number of aliphatic hydroxyl groups is 1. The second kappa shape index (κ2) is 8.41. The highest BCUT2D eigenvalue weighted by molar-refractivity contribution is 6.30. The Kier molecular flexibility index (Phi) is 5.71. The van der Waals surface area contributed by atoms with Crippen LogP contribution in [0.25, 0.3) is 0 Å². The van der Waals surface area contributed by atoms with E-state index in [2.05, 4.69) is 0 Å². The second-order valence-corrected chi connectivity index (χ2v) is 7.57. The third kappa shape index (κ3) is 3.94. The number of hydrogen-bond donors (Lipinski definition) is 2. The Morgan fingerprint density at radius 1 is 1.21 bits per heavy atom. The minimum absolute atomic E-state index is 0.0317. The van der Waals surface area contributed by atoms with Crippen LogP contribution in [-0.2, 0) is 9.53 Å². The zero-order chi connectivity index (χ0) is 20.4. The molecule has 0 aliphatic carbocycles. The molecular formula is C21H22ClN2O5+. The number of quaternary nitrogens is 1. The molecule has 1 atom stereocenters. The summed E-state index contributed by atoms with van der Waals surface area (Å²) in [6, 6.07) is 9.36. The van der Waals surface area contributed by atoms with Gasteiger partial charge in [0.25, 0.3) is 5.91 Å². The number of furan rings is 1. The molecule has 0 saturated carbocycles. The van der Waals surface area contributed by atoms with Crippen molar-refractivity contribution in [1.29, 1.82) is 0 Å². The molecule has 1 aromatic carbocycles. The SMILES string of the molecule is O=C(C1=C(O)C(=O)N(CC[NH+]2CCOCC2)C1c1ccc(Cl)cc1)c1ccco1. The van der Waals surface area contributed by atoms with Crippen LogP contribution in [0.4, 0.5) is 0 Å². The van der Waals surface area contributed by atoms with Crippen LogP contribution in [-0.4, -0.2) is 61.1 Å². The Morgan fingerprint density at radius 3 is 2.59 bits per heavy atom. The van der Waals surface area contributed by atoms with Gasteiger partial charge in [0, 0.05) is 5.02 Å². The van der Waals surface area contributed by atoms with Crippen molar-refractivity contribution in [3.63, 3.8) is 0 Å². The summed E-state index contributed by atoms with van der Waals surface area (Å²) in [7, 11) is 0. The van der Waals surface area contributed by atoms with Crippen LogP contribution in [0, 0.1) is 0 Å². The van der Waals surface area contributed by atoms with E-state index >= 15 is 0 Å². The Hall–Kier alpha value is -2.61. The largest absolute Gasteiger partial charge is 0.503 e. The quantitative estimate of drug-likeness (QED) is 0.694. The van der Waals surface area contributed by atoms with E-state index in [9.17, 15) is 14.7 Å². The maximum absolute atomic E-state index is 13.0. The first-order chi connectivity index (χ1) is 14.1. The number of amides is 1. The predicted molar refractivity (Wildman–Crippen MR) is 105 cm³/mol. The molecule has 29 heavy (non-hydrogen) atoms. The first-order valence-corrected chi connectivity index (χ1v) is 9.93.